The SMILES string of the molecule is C.COCOc1cc(OC)cc(/C=C/CC2OC(C)(C)OC2C(O)/C=C\C(C)(F)C(C)O)c1C(=O)O.COCOc1cc(OC)cc2c1C(=O)OC(C)C(C)(F)/C=C\C(O)C1OC(C)(C)OC1C/C=C/2. The van der Waals surface area contributed by atoms with E-state index < -0.39 is 83.7 Å². The number of esters is 1. The summed E-state index contributed by atoms with van der Waals surface area (Å²) >= 11 is 0. The Labute approximate surface area is 409 Å². The number of carboxylic acids is 1. The molecule has 4 N–H and O–H groups in total. The Morgan fingerprint density at radius 1 is 0.929 bits per heavy atom. The zero-order chi connectivity index (χ0) is 51.5. The third-order valence-corrected chi connectivity index (χ3v) is 11.3. The predicted octanol–water partition coefficient (Wildman–Crippen LogP) is 7.77. The van der Waals surface area contributed by atoms with E-state index in [0.29, 0.717) is 29.0 Å². The smallest absolute Gasteiger partial charge is 0.342 e. The average Bonchev–Trinajstić information content (AvgIpc) is 3.77. The van der Waals surface area contributed by atoms with Crippen LogP contribution in [0.1, 0.15) is 108 Å². The number of aliphatic hydroxyl groups excluding tert-OH is 3. The maximum absolute atomic E-state index is 15.4. The summed E-state index contributed by atoms with van der Waals surface area (Å²) in [4.78, 5) is 25.1. The van der Waals surface area contributed by atoms with Gasteiger partial charge in [-0.2, -0.15) is 0 Å². The number of fused-ring (bicyclic) bond motifs is 2. The molecule has 10 atom stereocenters. The molecule has 2 aromatic carbocycles. The van der Waals surface area contributed by atoms with Gasteiger partial charge in [-0.05, 0) is 104 Å². The lowest BCUT2D eigenvalue weighted by molar-refractivity contribution is -0.152. The standard InChI is InChI=1S/C25H35FO9.C25H33FO8.CH4/c1-15(27)25(4,26)11-10-18(28)22-19(34-24(2,3)35-22)9-7-8-16-12-17(32-6)13-20(33-14-31-5)21(16)23(29)30;1-15-25(4,26)11-10-18(27)22-19(33-24(2,3)34-22)9-7-8-16-12-17(30-6)13-20(31-14-29-5)21(16)23(28)32-15;/h7-8,10-13,15,18-19,22,27-28H,9,14H2,1-6H3,(H,29,30);7-8,10-13,15,18-19,22,27H,9,14H2,1-6H3;1H4/b2*8-7+,11-10-;. The number of cyclic esters (lactones) is 1. The van der Waals surface area contributed by atoms with Gasteiger partial charge >= 0.3 is 11.9 Å². The molecule has 3 aliphatic rings. The molecular formula is C51H72F2O17. The molecular weight excluding hydrogens is 923 g/mol. The van der Waals surface area contributed by atoms with E-state index in [4.69, 9.17) is 52.1 Å². The van der Waals surface area contributed by atoms with Crippen LogP contribution >= 0.6 is 0 Å². The molecule has 0 saturated carbocycles. The second-order valence-corrected chi connectivity index (χ2v) is 17.9. The number of carbonyl (C=O) groups excluding carboxylic acids is 1. The highest BCUT2D eigenvalue weighted by atomic mass is 19.1. The van der Waals surface area contributed by atoms with Crippen molar-refractivity contribution < 1.29 is 90.9 Å². The fourth-order valence-corrected chi connectivity index (χ4v) is 7.37. The molecule has 0 aromatic heterocycles. The van der Waals surface area contributed by atoms with E-state index in [1.165, 1.54) is 86.5 Å². The second-order valence-electron chi connectivity index (χ2n) is 17.9. The van der Waals surface area contributed by atoms with E-state index in [1.807, 2.05) is 0 Å². The summed E-state index contributed by atoms with van der Waals surface area (Å²) in [6, 6.07) is 6.21. The number of halogens is 2. The predicted molar refractivity (Wildman–Crippen MR) is 256 cm³/mol. The van der Waals surface area contributed by atoms with Gasteiger partial charge in [0.2, 0.25) is 0 Å². The monoisotopic (exact) mass is 994 g/mol. The Hall–Kier alpha value is -4.96. The van der Waals surface area contributed by atoms with Crippen LogP contribution < -0.4 is 18.9 Å². The van der Waals surface area contributed by atoms with Gasteiger partial charge in [0, 0.05) is 26.4 Å². The van der Waals surface area contributed by atoms with Crippen molar-refractivity contribution in [2.45, 2.75) is 147 Å². The van der Waals surface area contributed by atoms with Gasteiger partial charge in [-0.1, -0.05) is 43.9 Å². The molecule has 17 nitrogen and oxygen atoms in total. The number of aromatic carboxylic acids is 1. The van der Waals surface area contributed by atoms with Crippen molar-refractivity contribution in [3.63, 3.8) is 0 Å². The number of benzene rings is 2. The van der Waals surface area contributed by atoms with Crippen molar-refractivity contribution in [2.24, 2.45) is 0 Å². The summed E-state index contributed by atoms with van der Waals surface area (Å²) in [5.41, 5.74) is -3.26. The van der Waals surface area contributed by atoms with Crippen LogP contribution in [0.25, 0.3) is 12.2 Å². The highest BCUT2D eigenvalue weighted by Gasteiger charge is 2.45. The van der Waals surface area contributed by atoms with E-state index in [0.717, 1.165) is 6.08 Å². The van der Waals surface area contributed by atoms with Crippen molar-refractivity contribution in [1.82, 2.24) is 0 Å². The van der Waals surface area contributed by atoms with E-state index in [-0.39, 0.29) is 50.1 Å². The number of aliphatic hydroxyl groups is 3. The van der Waals surface area contributed by atoms with Crippen LogP contribution in [0.2, 0.25) is 0 Å². The summed E-state index contributed by atoms with van der Waals surface area (Å²) in [7, 11) is 5.82. The lowest BCUT2D eigenvalue weighted by atomic mass is 9.97. The van der Waals surface area contributed by atoms with Crippen molar-refractivity contribution in [3.8, 4) is 23.0 Å². The van der Waals surface area contributed by atoms with E-state index in [9.17, 15) is 34.4 Å². The van der Waals surface area contributed by atoms with Gasteiger partial charge in [-0.3, -0.25) is 0 Å². The van der Waals surface area contributed by atoms with Gasteiger partial charge < -0.3 is 72.5 Å². The molecule has 3 aliphatic heterocycles. The third kappa shape index (κ3) is 16.0. The lowest BCUT2D eigenvalue weighted by Gasteiger charge is -2.26. The molecule has 70 heavy (non-hydrogen) atoms. The quantitative estimate of drug-likeness (QED) is 0.0718. The molecule has 2 saturated heterocycles. The summed E-state index contributed by atoms with van der Waals surface area (Å²) in [5.74, 6) is -2.76. The first-order valence-electron chi connectivity index (χ1n) is 22.3. The van der Waals surface area contributed by atoms with Crippen LogP contribution in [0.15, 0.2) is 60.7 Å². The van der Waals surface area contributed by atoms with Gasteiger partial charge in [0.25, 0.3) is 0 Å². The first-order chi connectivity index (χ1) is 32.3. The van der Waals surface area contributed by atoms with Crippen LogP contribution in [-0.2, 0) is 33.2 Å². The molecule has 0 aliphatic carbocycles. The first-order valence-corrected chi connectivity index (χ1v) is 22.3. The van der Waals surface area contributed by atoms with Crippen LogP contribution in [0, 0.1) is 0 Å². The Morgan fingerprint density at radius 2 is 1.53 bits per heavy atom. The molecule has 2 fully saturated rings. The fraction of sp³-hybridized carbons (Fsp3) is 0.569. The Bertz CT molecular complexity index is 2160. The molecule has 19 heteroatoms. The maximum Gasteiger partial charge on any atom is 0.342 e. The minimum absolute atomic E-state index is 0. The first kappa shape index (κ1) is 59.3. The zero-order valence-corrected chi connectivity index (χ0v) is 41.2. The second kappa shape index (κ2) is 25.4. The highest BCUT2D eigenvalue weighted by Crippen LogP contribution is 2.37. The van der Waals surface area contributed by atoms with Crippen LogP contribution in [-0.4, -0.2) is 146 Å². The molecule has 10 unspecified atom stereocenters. The lowest BCUT2D eigenvalue weighted by Crippen LogP contribution is -2.37. The maximum atomic E-state index is 15.4. The van der Waals surface area contributed by atoms with Gasteiger partial charge in [0.05, 0.1) is 32.5 Å². The van der Waals surface area contributed by atoms with Crippen molar-refractivity contribution >= 4 is 24.1 Å². The molecule has 5 rings (SSSR count). The minimum atomic E-state index is -2.07. The topological polar surface area (TPSA) is 217 Å². The number of hydrogen-bond donors (Lipinski definition) is 4. The van der Waals surface area contributed by atoms with E-state index in [2.05, 4.69) is 0 Å². The Morgan fingerprint density at radius 3 is 2.13 bits per heavy atom. The average molecular weight is 995 g/mol. The third-order valence-electron chi connectivity index (χ3n) is 11.3. The summed E-state index contributed by atoms with van der Waals surface area (Å²) < 4.78 is 90.4. The van der Waals surface area contributed by atoms with Crippen LogP contribution in [0.5, 0.6) is 23.0 Å². The highest BCUT2D eigenvalue weighted by molar-refractivity contribution is 5.97. The van der Waals surface area contributed by atoms with Crippen molar-refractivity contribution in [3.05, 3.63) is 83.0 Å². The number of methoxy groups -OCH3 is 4. The zero-order valence-electron chi connectivity index (χ0n) is 41.2. The Kier molecular flexibility index (Phi) is 21.6. The van der Waals surface area contributed by atoms with E-state index >= 15 is 4.39 Å². The molecule has 0 bridgehead atoms. The van der Waals surface area contributed by atoms with E-state index in [1.54, 1.807) is 64.1 Å². The van der Waals surface area contributed by atoms with Crippen molar-refractivity contribution in [2.75, 3.05) is 42.0 Å². The van der Waals surface area contributed by atoms with Gasteiger partial charge in [-0.25, -0.2) is 18.4 Å². The number of rotatable bonds is 16. The molecule has 0 spiro atoms. The summed E-state index contributed by atoms with van der Waals surface area (Å²) in [6.45, 7) is 11.9. The van der Waals surface area contributed by atoms with Gasteiger partial charge in [-0.15, -0.1) is 0 Å². The number of ether oxygens (including phenoxy) is 11. The molecule has 392 valence electrons. The normalized spacial score (nSPS) is 27.8. The Balaban J connectivity index is 0.000000365. The molecule has 3 heterocycles. The van der Waals surface area contributed by atoms with Crippen LogP contribution in [0.3, 0.4) is 0 Å². The summed E-state index contributed by atoms with van der Waals surface area (Å²) in [5, 5.41) is 40.6. The number of alkyl halides is 2. The number of carboxylic acid groups (broad SMARTS) is 1. The number of hydrogen-bond acceptors (Lipinski definition) is 16. The largest absolute Gasteiger partial charge is 0.497 e. The molecule has 0 radical (unpaired) electrons. The minimum Gasteiger partial charge on any atom is -0.497 e. The molecule has 2 aromatic rings. The van der Waals surface area contributed by atoms with Gasteiger partial charge in [0.15, 0.2) is 36.5 Å². The number of carbonyl (C=O) groups is 2. The van der Waals surface area contributed by atoms with Crippen molar-refractivity contribution in [1.29, 1.82) is 0 Å². The summed E-state index contributed by atoms with van der Waals surface area (Å²) in [6.07, 6.45) is 4.85. The van der Waals surface area contributed by atoms with Crippen LogP contribution in [0.4, 0.5) is 8.78 Å². The fourth-order valence-electron chi connectivity index (χ4n) is 7.37. The van der Waals surface area contributed by atoms with Gasteiger partial charge in [0.1, 0.15) is 64.6 Å². The molecule has 0 amide bonds.